The molecule has 0 fully saturated rings. The number of aromatic nitrogens is 2. The molecule has 2 amide bonds. The van der Waals surface area contributed by atoms with Crippen molar-refractivity contribution in [2.75, 3.05) is 13.7 Å². The molecule has 0 aliphatic heterocycles. The summed E-state index contributed by atoms with van der Waals surface area (Å²) in [6, 6.07) is 12.0. The summed E-state index contributed by atoms with van der Waals surface area (Å²) in [5, 5.41) is 6.18. The summed E-state index contributed by atoms with van der Waals surface area (Å²) < 4.78 is 11.7. The van der Waals surface area contributed by atoms with Gasteiger partial charge in [0.15, 0.2) is 0 Å². The lowest BCUT2D eigenvalue weighted by atomic mass is 10.2. The summed E-state index contributed by atoms with van der Waals surface area (Å²) >= 11 is 0. The minimum absolute atomic E-state index is 0.0810. The summed E-state index contributed by atoms with van der Waals surface area (Å²) in [6.07, 6.45) is 4.63. The molecule has 9 heteroatoms. The van der Waals surface area contributed by atoms with Crippen molar-refractivity contribution in [2.24, 2.45) is 0 Å². The molecule has 0 unspecified atom stereocenters. The lowest BCUT2D eigenvalue weighted by Crippen LogP contribution is -2.44. The Morgan fingerprint density at radius 2 is 1.94 bits per heavy atom. The van der Waals surface area contributed by atoms with E-state index in [4.69, 9.17) is 9.47 Å². The van der Waals surface area contributed by atoms with Crippen LogP contribution in [0.25, 0.3) is 10.9 Å². The highest BCUT2D eigenvalue weighted by Gasteiger charge is 2.22. The zero-order chi connectivity index (χ0) is 22.1. The van der Waals surface area contributed by atoms with Gasteiger partial charge < -0.3 is 24.7 Å². The lowest BCUT2D eigenvalue weighted by molar-refractivity contribution is -0.143. The number of methoxy groups -OCH3 is 1. The third-order valence-electron chi connectivity index (χ3n) is 4.63. The van der Waals surface area contributed by atoms with E-state index >= 15 is 0 Å². The maximum atomic E-state index is 12.3. The second-order valence-electron chi connectivity index (χ2n) is 6.80. The Morgan fingerprint density at radius 3 is 2.71 bits per heavy atom. The van der Waals surface area contributed by atoms with Crippen LogP contribution in [0.2, 0.25) is 0 Å². The van der Waals surface area contributed by atoms with Crippen molar-refractivity contribution in [2.45, 2.75) is 25.6 Å². The van der Waals surface area contributed by atoms with Crippen molar-refractivity contribution in [1.82, 2.24) is 20.2 Å². The molecule has 2 aromatic heterocycles. The Balaban J connectivity index is 1.46. The van der Waals surface area contributed by atoms with Crippen molar-refractivity contribution in [3.05, 3.63) is 66.6 Å². The van der Waals surface area contributed by atoms with Crippen LogP contribution in [0.5, 0.6) is 0 Å². The summed E-state index contributed by atoms with van der Waals surface area (Å²) in [5.41, 5.74) is 1.73. The van der Waals surface area contributed by atoms with Crippen LogP contribution >= 0.6 is 0 Å². The Hall–Kier alpha value is -3.88. The van der Waals surface area contributed by atoms with Crippen molar-refractivity contribution < 1.29 is 23.9 Å². The number of esters is 1. The first-order chi connectivity index (χ1) is 15.1. The second kappa shape index (κ2) is 10.8. The van der Waals surface area contributed by atoms with E-state index in [2.05, 4.69) is 15.6 Å². The van der Waals surface area contributed by atoms with Gasteiger partial charge in [0, 0.05) is 30.5 Å². The standard InChI is InChI=1S/C22H24N4O5/c1-30-21(28)18(25-22(29)31-15-16-5-3-2-4-6-16)7-11-24-20(27)14-26-12-9-17-13-23-10-8-19(17)26/h2-6,8-10,12-13,18H,7,11,14-15H2,1H3,(H,24,27)(H,25,29)/t18-/m0/s1. The van der Waals surface area contributed by atoms with Crippen LogP contribution in [0.15, 0.2) is 61.1 Å². The molecule has 0 radical (unpaired) electrons. The van der Waals surface area contributed by atoms with Crippen molar-refractivity contribution in [3.8, 4) is 0 Å². The van der Waals surface area contributed by atoms with Crippen LogP contribution in [-0.4, -0.2) is 47.2 Å². The van der Waals surface area contributed by atoms with Crippen LogP contribution in [0, 0.1) is 0 Å². The van der Waals surface area contributed by atoms with Gasteiger partial charge in [-0.25, -0.2) is 9.59 Å². The van der Waals surface area contributed by atoms with Crippen LogP contribution in [0.1, 0.15) is 12.0 Å². The number of fused-ring (bicyclic) bond motifs is 1. The smallest absolute Gasteiger partial charge is 0.408 e. The van der Waals surface area contributed by atoms with Gasteiger partial charge in [0.05, 0.1) is 12.6 Å². The molecule has 0 saturated carbocycles. The third-order valence-corrected chi connectivity index (χ3v) is 4.63. The van der Waals surface area contributed by atoms with Gasteiger partial charge in [-0.15, -0.1) is 0 Å². The molecular weight excluding hydrogens is 400 g/mol. The number of amides is 2. The molecule has 3 rings (SSSR count). The molecule has 0 aliphatic rings. The second-order valence-corrected chi connectivity index (χ2v) is 6.80. The molecule has 0 spiro atoms. The Bertz CT molecular complexity index is 1030. The molecular formula is C22H24N4O5. The molecule has 9 nitrogen and oxygen atoms in total. The van der Waals surface area contributed by atoms with Gasteiger partial charge in [-0.1, -0.05) is 30.3 Å². The number of rotatable bonds is 9. The molecule has 0 saturated heterocycles. The zero-order valence-electron chi connectivity index (χ0n) is 17.1. The van der Waals surface area contributed by atoms with Crippen molar-refractivity contribution in [1.29, 1.82) is 0 Å². The first kappa shape index (κ1) is 21.8. The van der Waals surface area contributed by atoms with Crippen LogP contribution in [0.3, 0.4) is 0 Å². The predicted molar refractivity (Wildman–Crippen MR) is 113 cm³/mol. The van der Waals surface area contributed by atoms with E-state index in [1.165, 1.54) is 7.11 Å². The highest BCUT2D eigenvalue weighted by molar-refractivity contribution is 5.83. The number of carbonyl (C=O) groups is 3. The van der Waals surface area contributed by atoms with E-state index in [1.807, 2.05) is 53.2 Å². The van der Waals surface area contributed by atoms with Gasteiger partial charge >= 0.3 is 12.1 Å². The third kappa shape index (κ3) is 6.30. The summed E-state index contributed by atoms with van der Waals surface area (Å²) in [7, 11) is 1.23. The molecule has 0 aliphatic carbocycles. The van der Waals surface area contributed by atoms with Gasteiger partial charge in [-0.2, -0.15) is 0 Å². The maximum absolute atomic E-state index is 12.3. The van der Waals surface area contributed by atoms with E-state index in [1.54, 1.807) is 12.4 Å². The number of alkyl carbamates (subject to hydrolysis) is 1. The van der Waals surface area contributed by atoms with Gasteiger partial charge in [0.1, 0.15) is 19.2 Å². The first-order valence-corrected chi connectivity index (χ1v) is 9.77. The van der Waals surface area contributed by atoms with Gasteiger partial charge in [-0.3, -0.25) is 9.78 Å². The number of benzene rings is 1. The molecule has 2 heterocycles. The van der Waals surface area contributed by atoms with Crippen LogP contribution < -0.4 is 10.6 Å². The number of nitrogens with one attached hydrogen (secondary N) is 2. The average Bonchev–Trinajstić information content (AvgIpc) is 3.20. The SMILES string of the molecule is COC(=O)[C@H](CCNC(=O)Cn1ccc2cnccc21)NC(=O)OCc1ccccc1. The highest BCUT2D eigenvalue weighted by atomic mass is 16.6. The minimum atomic E-state index is -0.938. The van der Waals surface area contributed by atoms with E-state index in [0.717, 1.165) is 16.5 Å². The number of ether oxygens (including phenoxy) is 2. The van der Waals surface area contributed by atoms with Crippen LogP contribution in [-0.2, 0) is 32.2 Å². The Morgan fingerprint density at radius 1 is 1.13 bits per heavy atom. The summed E-state index contributed by atoms with van der Waals surface area (Å²) in [6.45, 7) is 0.388. The molecule has 3 aromatic rings. The van der Waals surface area contributed by atoms with E-state index in [0.29, 0.717) is 0 Å². The molecule has 2 N–H and O–H groups in total. The van der Waals surface area contributed by atoms with Gasteiger partial charge in [-0.05, 0) is 24.1 Å². The number of hydrogen-bond donors (Lipinski definition) is 2. The molecule has 162 valence electrons. The molecule has 31 heavy (non-hydrogen) atoms. The fourth-order valence-corrected chi connectivity index (χ4v) is 3.04. The molecule has 0 bridgehead atoms. The fraction of sp³-hybridized carbons (Fsp3) is 0.273. The number of carbonyl (C=O) groups excluding carboxylic acids is 3. The minimum Gasteiger partial charge on any atom is -0.467 e. The lowest BCUT2D eigenvalue weighted by Gasteiger charge is -2.17. The van der Waals surface area contributed by atoms with Crippen molar-refractivity contribution >= 4 is 28.9 Å². The molecule has 1 aromatic carbocycles. The highest BCUT2D eigenvalue weighted by Crippen LogP contribution is 2.13. The normalized spacial score (nSPS) is 11.5. The predicted octanol–water partition coefficient (Wildman–Crippen LogP) is 2.01. The largest absolute Gasteiger partial charge is 0.467 e. The number of pyridine rings is 1. The average molecular weight is 424 g/mol. The number of hydrogen-bond acceptors (Lipinski definition) is 6. The summed E-state index contributed by atoms with van der Waals surface area (Å²) in [4.78, 5) is 40.4. The van der Waals surface area contributed by atoms with E-state index in [-0.39, 0.29) is 32.0 Å². The summed E-state index contributed by atoms with van der Waals surface area (Å²) in [5.74, 6) is -0.834. The van der Waals surface area contributed by atoms with E-state index in [9.17, 15) is 14.4 Å². The first-order valence-electron chi connectivity index (χ1n) is 9.77. The van der Waals surface area contributed by atoms with E-state index < -0.39 is 18.1 Å². The fourth-order valence-electron chi connectivity index (χ4n) is 3.04. The zero-order valence-corrected chi connectivity index (χ0v) is 17.1. The van der Waals surface area contributed by atoms with Crippen molar-refractivity contribution in [3.63, 3.8) is 0 Å². The van der Waals surface area contributed by atoms with Gasteiger partial charge in [0.25, 0.3) is 0 Å². The Kier molecular flexibility index (Phi) is 7.58. The number of nitrogens with zero attached hydrogens (tertiary/aromatic N) is 2. The van der Waals surface area contributed by atoms with Crippen LogP contribution in [0.4, 0.5) is 4.79 Å². The van der Waals surface area contributed by atoms with Gasteiger partial charge in [0.2, 0.25) is 5.91 Å². The maximum Gasteiger partial charge on any atom is 0.408 e. The molecule has 1 atom stereocenters. The monoisotopic (exact) mass is 424 g/mol. The Labute approximate surface area is 179 Å². The topological polar surface area (TPSA) is 112 Å². The quantitative estimate of drug-likeness (QED) is 0.508.